The Kier molecular flexibility index (Phi) is 6.40. The Morgan fingerprint density at radius 3 is 2.50 bits per heavy atom. The lowest BCUT2D eigenvalue weighted by molar-refractivity contribution is -0.384. The fourth-order valence-electron chi connectivity index (χ4n) is 1.96. The Balaban J connectivity index is 1.90. The molecule has 0 unspecified atom stereocenters. The van der Waals surface area contributed by atoms with Gasteiger partial charge in [0.2, 0.25) is 0 Å². The number of hydrogen-bond donors (Lipinski definition) is 2. The van der Waals surface area contributed by atoms with Gasteiger partial charge < -0.3 is 5.32 Å². The number of carbonyl (C=O) groups excluding carboxylic acids is 2. The van der Waals surface area contributed by atoms with Crippen LogP contribution in [0, 0.1) is 10.1 Å². The van der Waals surface area contributed by atoms with Crippen molar-refractivity contribution in [2.75, 3.05) is 6.54 Å². The van der Waals surface area contributed by atoms with E-state index in [2.05, 4.69) is 15.8 Å². The lowest BCUT2D eigenvalue weighted by Gasteiger charge is -2.05. The Labute approximate surface area is 154 Å². The molecule has 2 aromatic carbocycles. The third-order valence-corrected chi connectivity index (χ3v) is 3.59. The maximum Gasteiger partial charge on any atom is 0.270 e. The van der Waals surface area contributed by atoms with Gasteiger partial charge in [0, 0.05) is 28.3 Å². The molecule has 0 aromatic heterocycles. The normalized spacial score (nSPS) is 10.9. The highest BCUT2D eigenvalue weighted by Gasteiger charge is 2.09. The van der Waals surface area contributed by atoms with Gasteiger partial charge in [0.25, 0.3) is 17.5 Å². The van der Waals surface area contributed by atoms with E-state index in [4.69, 9.17) is 11.6 Å². The summed E-state index contributed by atoms with van der Waals surface area (Å²) in [6.07, 6.45) is 0. The average Bonchev–Trinajstić information content (AvgIpc) is 2.64. The number of non-ortho nitro benzene ring substituents is 1. The molecule has 26 heavy (non-hydrogen) atoms. The molecule has 9 heteroatoms. The minimum absolute atomic E-state index is 0.0707. The smallest absolute Gasteiger partial charge is 0.270 e. The van der Waals surface area contributed by atoms with Crippen molar-refractivity contribution in [3.05, 3.63) is 74.8 Å². The number of halogens is 1. The summed E-state index contributed by atoms with van der Waals surface area (Å²) in [5.74, 6) is -0.951. The van der Waals surface area contributed by atoms with E-state index in [9.17, 15) is 19.7 Å². The predicted molar refractivity (Wildman–Crippen MR) is 97.2 cm³/mol. The number of nitrogens with zero attached hydrogens (tertiary/aromatic N) is 2. The molecule has 134 valence electrons. The van der Waals surface area contributed by atoms with Crippen molar-refractivity contribution in [1.82, 2.24) is 10.7 Å². The fraction of sp³-hybridized carbons (Fsp3) is 0.118. The Morgan fingerprint density at radius 2 is 1.85 bits per heavy atom. The van der Waals surface area contributed by atoms with Crippen LogP contribution in [-0.2, 0) is 4.79 Å². The first-order valence-electron chi connectivity index (χ1n) is 7.48. The summed E-state index contributed by atoms with van der Waals surface area (Å²) >= 11 is 5.74. The molecule has 0 bridgehead atoms. The number of amides is 2. The van der Waals surface area contributed by atoms with E-state index in [0.29, 0.717) is 21.9 Å². The van der Waals surface area contributed by atoms with Crippen LogP contribution < -0.4 is 10.7 Å². The molecular weight excluding hydrogens is 360 g/mol. The summed E-state index contributed by atoms with van der Waals surface area (Å²) in [5, 5.41) is 17.6. The molecule has 0 spiro atoms. The van der Waals surface area contributed by atoms with Crippen LogP contribution in [0.4, 0.5) is 5.69 Å². The molecule has 0 aliphatic carbocycles. The van der Waals surface area contributed by atoms with Crippen LogP contribution in [0.3, 0.4) is 0 Å². The van der Waals surface area contributed by atoms with Gasteiger partial charge in [-0.2, -0.15) is 5.10 Å². The van der Waals surface area contributed by atoms with Crippen LogP contribution in [0.5, 0.6) is 0 Å². The Hall–Kier alpha value is -3.26. The number of nitro benzene ring substituents is 1. The molecular formula is C17H15ClN4O4. The van der Waals surface area contributed by atoms with Gasteiger partial charge in [0.05, 0.1) is 17.2 Å². The van der Waals surface area contributed by atoms with Gasteiger partial charge in [0.1, 0.15) is 0 Å². The number of nitro groups is 1. The zero-order valence-corrected chi connectivity index (χ0v) is 14.5. The van der Waals surface area contributed by atoms with E-state index >= 15 is 0 Å². The minimum atomic E-state index is -0.530. The van der Waals surface area contributed by atoms with E-state index < -0.39 is 16.7 Å². The van der Waals surface area contributed by atoms with E-state index in [1.54, 1.807) is 37.3 Å². The number of benzene rings is 2. The van der Waals surface area contributed by atoms with Crippen molar-refractivity contribution < 1.29 is 14.5 Å². The molecule has 0 atom stereocenters. The third-order valence-electron chi connectivity index (χ3n) is 3.34. The molecule has 8 nitrogen and oxygen atoms in total. The van der Waals surface area contributed by atoms with Crippen molar-refractivity contribution in [2.24, 2.45) is 5.10 Å². The fourth-order valence-corrected chi connectivity index (χ4v) is 2.08. The number of hydrazone groups is 1. The second-order valence-electron chi connectivity index (χ2n) is 5.23. The van der Waals surface area contributed by atoms with Crippen LogP contribution in [0.2, 0.25) is 5.02 Å². The van der Waals surface area contributed by atoms with Crippen LogP contribution in [0.15, 0.2) is 53.6 Å². The zero-order chi connectivity index (χ0) is 19.1. The summed E-state index contributed by atoms with van der Waals surface area (Å²) in [7, 11) is 0. The molecule has 0 saturated heterocycles. The molecule has 0 aliphatic heterocycles. The summed E-state index contributed by atoms with van der Waals surface area (Å²) in [6.45, 7) is 1.33. The third kappa shape index (κ3) is 5.38. The first kappa shape index (κ1) is 19.1. The summed E-state index contributed by atoms with van der Waals surface area (Å²) in [4.78, 5) is 33.9. The van der Waals surface area contributed by atoms with Gasteiger partial charge in [-0.25, -0.2) is 5.43 Å². The Bertz CT molecular complexity index is 865. The van der Waals surface area contributed by atoms with E-state index in [1.807, 2.05) is 0 Å². The largest absolute Gasteiger partial charge is 0.343 e. The lowest BCUT2D eigenvalue weighted by atomic mass is 10.1. The first-order valence-corrected chi connectivity index (χ1v) is 7.86. The molecule has 2 aromatic rings. The second kappa shape index (κ2) is 8.72. The number of hydrogen-bond acceptors (Lipinski definition) is 5. The molecule has 0 fully saturated rings. The average molecular weight is 375 g/mol. The standard InChI is InChI=1S/C17H15ClN4O4/c1-11(13-3-2-4-15(9-13)22(25)26)20-21-16(23)10-19-17(24)12-5-7-14(18)8-6-12/h2-9H,10H2,1H3,(H,19,24)(H,21,23). The number of rotatable bonds is 6. The van der Waals surface area contributed by atoms with Crippen molar-refractivity contribution in [3.63, 3.8) is 0 Å². The highest BCUT2D eigenvalue weighted by molar-refractivity contribution is 6.30. The molecule has 2 amide bonds. The molecule has 0 heterocycles. The molecule has 0 saturated carbocycles. The zero-order valence-electron chi connectivity index (χ0n) is 13.7. The van der Waals surface area contributed by atoms with Crippen molar-refractivity contribution in [1.29, 1.82) is 0 Å². The maximum absolute atomic E-state index is 11.9. The predicted octanol–water partition coefficient (Wildman–Crippen LogP) is 2.52. The van der Waals surface area contributed by atoms with Crippen LogP contribution in [0.25, 0.3) is 0 Å². The molecule has 0 radical (unpaired) electrons. The topological polar surface area (TPSA) is 114 Å². The van der Waals surface area contributed by atoms with Crippen molar-refractivity contribution in [3.8, 4) is 0 Å². The molecule has 0 aliphatic rings. The van der Waals surface area contributed by atoms with E-state index in [-0.39, 0.29) is 12.2 Å². The summed E-state index contributed by atoms with van der Waals surface area (Å²) < 4.78 is 0. The quantitative estimate of drug-likeness (QED) is 0.459. The van der Waals surface area contributed by atoms with Crippen LogP contribution >= 0.6 is 11.6 Å². The van der Waals surface area contributed by atoms with Gasteiger partial charge in [-0.1, -0.05) is 23.7 Å². The molecule has 2 rings (SSSR count). The van der Waals surface area contributed by atoms with Crippen molar-refractivity contribution in [2.45, 2.75) is 6.92 Å². The number of carbonyl (C=O) groups is 2. The monoisotopic (exact) mass is 374 g/mol. The van der Waals surface area contributed by atoms with Crippen molar-refractivity contribution >= 4 is 34.8 Å². The van der Waals surface area contributed by atoms with Crippen LogP contribution in [-0.4, -0.2) is 29.0 Å². The second-order valence-corrected chi connectivity index (χ2v) is 5.67. The summed E-state index contributed by atoms with van der Waals surface area (Å²) in [6, 6.07) is 12.1. The Morgan fingerprint density at radius 1 is 1.15 bits per heavy atom. The van der Waals surface area contributed by atoms with Gasteiger partial charge in [-0.05, 0) is 31.2 Å². The summed E-state index contributed by atoms with van der Waals surface area (Å²) in [5.41, 5.74) is 3.49. The van der Waals surface area contributed by atoms with Gasteiger partial charge in [0.15, 0.2) is 0 Å². The van der Waals surface area contributed by atoms with Gasteiger partial charge in [-0.15, -0.1) is 0 Å². The highest BCUT2D eigenvalue weighted by Crippen LogP contribution is 2.13. The number of nitrogens with one attached hydrogen (secondary N) is 2. The van der Waals surface area contributed by atoms with Gasteiger partial charge >= 0.3 is 0 Å². The van der Waals surface area contributed by atoms with E-state index in [1.165, 1.54) is 18.2 Å². The minimum Gasteiger partial charge on any atom is -0.343 e. The van der Waals surface area contributed by atoms with Crippen LogP contribution in [0.1, 0.15) is 22.8 Å². The maximum atomic E-state index is 11.9. The first-order chi connectivity index (χ1) is 12.4. The van der Waals surface area contributed by atoms with E-state index in [0.717, 1.165) is 0 Å². The highest BCUT2D eigenvalue weighted by atomic mass is 35.5. The molecule has 2 N–H and O–H groups in total. The SMILES string of the molecule is CC(=NNC(=O)CNC(=O)c1ccc(Cl)cc1)c1cccc([N+](=O)[O-])c1. The lowest BCUT2D eigenvalue weighted by Crippen LogP contribution is -2.35. The van der Waals surface area contributed by atoms with Gasteiger partial charge in [-0.3, -0.25) is 19.7 Å².